The van der Waals surface area contributed by atoms with Crippen LogP contribution < -0.4 is 0 Å². The molecule has 0 radical (unpaired) electrons. The van der Waals surface area contributed by atoms with Crippen LogP contribution in [0.15, 0.2) is 30.3 Å². The Labute approximate surface area is 169 Å². The van der Waals surface area contributed by atoms with E-state index >= 15 is 0 Å². The second-order valence-corrected chi connectivity index (χ2v) is 7.17. The third-order valence-corrected chi connectivity index (χ3v) is 6.13. The molecule has 0 bridgehead atoms. The normalized spacial score (nSPS) is 24.3. The van der Waals surface area contributed by atoms with Crippen LogP contribution in [0, 0.1) is 11.8 Å². The Balaban J connectivity index is 0.00000364. The topological polar surface area (TPSA) is 60.8 Å². The number of rotatable bonds is 7. The lowest BCUT2D eigenvalue weighted by molar-refractivity contribution is -0.170. The van der Waals surface area contributed by atoms with Gasteiger partial charge in [-0.15, -0.1) is 18.3 Å². The van der Waals surface area contributed by atoms with Gasteiger partial charge >= 0.3 is 5.97 Å². The Morgan fingerprint density at radius 3 is 2.22 bits per heavy atom. The number of aliphatic hydroxyl groups is 1. The smallest absolute Gasteiger partial charge is 0.337 e. The van der Waals surface area contributed by atoms with Crippen molar-refractivity contribution in [3.05, 3.63) is 35.9 Å². The van der Waals surface area contributed by atoms with Crippen LogP contribution in [-0.4, -0.2) is 45.8 Å². The van der Waals surface area contributed by atoms with Crippen molar-refractivity contribution in [2.45, 2.75) is 69.9 Å². The summed E-state index contributed by atoms with van der Waals surface area (Å²) in [7, 11) is 0. The summed E-state index contributed by atoms with van der Waals surface area (Å²) in [6.07, 6.45) is 3.00. The van der Waals surface area contributed by atoms with Gasteiger partial charge in [-0.25, -0.2) is 4.79 Å². The van der Waals surface area contributed by atoms with E-state index in [1.165, 1.54) is 0 Å². The van der Waals surface area contributed by atoms with Crippen molar-refractivity contribution in [3.63, 3.8) is 0 Å². The van der Waals surface area contributed by atoms with Crippen molar-refractivity contribution >= 4 is 18.4 Å². The minimum atomic E-state index is -1.88. The molecular weight excluding hydrogens is 362 g/mol. The van der Waals surface area contributed by atoms with Gasteiger partial charge in [-0.1, -0.05) is 50.1 Å². The highest BCUT2D eigenvalue weighted by atomic mass is 35.5. The van der Waals surface area contributed by atoms with Crippen LogP contribution in [0.1, 0.15) is 58.4 Å². The molecule has 0 spiro atoms. The van der Waals surface area contributed by atoms with Gasteiger partial charge in [0.25, 0.3) is 0 Å². The maximum atomic E-state index is 12.2. The van der Waals surface area contributed by atoms with E-state index < -0.39 is 17.0 Å². The number of carboxylic acids is 1. The van der Waals surface area contributed by atoms with Gasteiger partial charge < -0.3 is 15.1 Å². The number of aliphatic carboxylic acids is 1. The van der Waals surface area contributed by atoms with Crippen molar-refractivity contribution in [3.8, 4) is 11.8 Å². The molecule has 1 fully saturated rings. The monoisotopic (exact) mass is 393 g/mol. The fourth-order valence-electron chi connectivity index (χ4n) is 4.56. The molecule has 0 amide bonds. The zero-order valence-corrected chi connectivity index (χ0v) is 17.4. The Morgan fingerprint density at radius 2 is 1.78 bits per heavy atom. The first-order valence-corrected chi connectivity index (χ1v) is 9.60. The van der Waals surface area contributed by atoms with Gasteiger partial charge in [0.1, 0.15) is 0 Å². The predicted molar refractivity (Wildman–Crippen MR) is 111 cm³/mol. The summed E-state index contributed by atoms with van der Waals surface area (Å²) in [6, 6.07) is 10.1. The molecular formula is C22H32ClNO3. The fourth-order valence-corrected chi connectivity index (χ4v) is 4.56. The lowest BCUT2D eigenvalue weighted by Crippen LogP contribution is -2.59. The highest BCUT2D eigenvalue weighted by Crippen LogP contribution is 2.49. The Hall–Kier alpha value is -1.54. The molecule has 1 aliphatic rings. The van der Waals surface area contributed by atoms with Crippen molar-refractivity contribution < 1.29 is 15.0 Å². The van der Waals surface area contributed by atoms with Gasteiger partial charge in [0.15, 0.2) is 5.60 Å². The molecule has 1 atom stereocenters. The van der Waals surface area contributed by atoms with E-state index in [9.17, 15) is 15.0 Å². The molecule has 4 nitrogen and oxygen atoms in total. The van der Waals surface area contributed by atoms with Crippen molar-refractivity contribution in [2.75, 3.05) is 13.1 Å². The summed E-state index contributed by atoms with van der Waals surface area (Å²) in [5, 5.41) is 21.3. The summed E-state index contributed by atoms with van der Waals surface area (Å²) < 4.78 is 0. The highest BCUT2D eigenvalue weighted by molar-refractivity contribution is 5.85. The summed E-state index contributed by atoms with van der Waals surface area (Å²) in [5.74, 6) is 4.40. The second-order valence-electron chi connectivity index (χ2n) is 7.17. The summed E-state index contributed by atoms with van der Waals surface area (Å²) in [6.45, 7) is 7.97. The minimum absolute atomic E-state index is 0. The van der Waals surface area contributed by atoms with Gasteiger partial charge in [-0.2, -0.15) is 0 Å². The highest BCUT2D eigenvalue weighted by Gasteiger charge is 2.57. The van der Waals surface area contributed by atoms with E-state index in [2.05, 4.69) is 30.6 Å². The molecule has 0 aliphatic heterocycles. The van der Waals surface area contributed by atoms with Crippen LogP contribution >= 0.6 is 12.4 Å². The molecule has 0 aromatic heterocycles. The zero-order valence-electron chi connectivity index (χ0n) is 16.6. The van der Waals surface area contributed by atoms with Crippen LogP contribution in [0.4, 0.5) is 0 Å². The summed E-state index contributed by atoms with van der Waals surface area (Å²) in [5.41, 5.74) is -1.79. The zero-order chi connectivity index (χ0) is 19.2. The summed E-state index contributed by atoms with van der Waals surface area (Å²) in [4.78, 5) is 14.6. The number of nitrogens with zero attached hydrogens (tertiary/aromatic N) is 1. The van der Waals surface area contributed by atoms with E-state index in [1.807, 2.05) is 30.3 Å². The number of hydrogen-bond acceptors (Lipinski definition) is 3. The van der Waals surface area contributed by atoms with E-state index in [1.54, 1.807) is 6.92 Å². The number of carboxylic acid groups (broad SMARTS) is 1. The van der Waals surface area contributed by atoms with Gasteiger partial charge in [0, 0.05) is 17.9 Å². The lowest BCUT2D eigenvalue weighted by atomic mass is 9.58. The largest absolute Gasteiger partial charge is 0.479 e. The minimum Gasteiger partial charge on any atom is -0.479 e. The molecule has 2 rings (SSSR count). The quantitative estimate of drug-likeness (QED) is 0.690. The second kappa shape index (κ2) is 10.1. The molecule has 1 saturated carbocycles. The number of halogens is 1. The Morgan fingerprint density at radius 1 is 1.22 bits per heavy atom. The first-order chi connectivity index (χ1) is 12.4. The van der Waals surface area contributed by atoms with Crippen LogP contribution in [0.3, 0.4) is 0 Å². The number of carbonyl (C=O) groups is 1. The molecule has 150 valence electrons. The van der Waals surface area contributed by atoms with Gasteiger partial charge in [0.2, 0.25) is 0 Å². The van der Waals surface area contributed by atoms with Gasteiger partial charge in [-0.3, -0.25) is 0 Å². The molecule has 1 aliphatic carbocycles. The van der Waals surface area contributed by atoms with Gasteiger partial charge in [0.05, 0.1) is 0 Å². The summed E-state index contributed by atoms with van der Waals surface area (Å²) >= 11 is 0. The van der Waals surface area contributed by atoms with Gasteiger partial charge in [-0.05, 0) is 51.3 Å². The fraction of sp³-hybridized carbons (Fsp3) is 0.591. The first-order valence-electron chi connectivity index (χ1n) is 9.60. The van der Waals surface area contributed by atoms with Crippen molar-refractivity contribution in [1.29, 1.82) is 0 Å². The van der Waals surface area contributed by atoms with E-state index in [0.717, 1.165) is 31.5 Å². The maximum Gasteiger partial charge on any atom is 0.337 e. The Kier molecular flexibility index (Phi) is 8.81. The molecule has 0 saturated heterocycles. The first kappa shape index (κ1) is 23.5. The van der Waals surface area contributed by atoms with E-state index in [-0.39, 0.29) is 18.8 Å². The average molecular weight is 394 g/mol. The average Bonchev–Trinajstić information content (AvgIpc) is 2.68. The van der Waals surface area contributed by atoms with Crippen LogP contribution in [0.25, 0.3) is 0 Å². The number of benzene rings is 1. The Bertz CT molecular complexity index is 655. The van der Waals surface area contributed by atoms with Crippen molar-refractivity contribution in [2.24, 2.45) is 0 Å². The number of hydrogen-bond donors (Lipinski definition) is 2. The lowest BCUT2D eigenvalue weighted by Gasteiger charge is -2.50. The van der Waals surface area contributed by atoms with Crippen LogP contribution in [0.5, 0.6) is 0 Å². The maximum absolute atomic E-state index is 12.2. The predicted octanol–water partition coefficient (Wildman–Crippen LogP) is 3.86. The molecule has 1 aromatic rings. The van der Waals surface area contributed by atoms with Crippen molar-refractivity contribution in [1.82, 2.24) is 4.90 Å². The SMILES string of the molecule is CC#CCC(O)(C(=O)O)C1(c2ccccc2)CCC(N(CC)CC)CC1.Cl. The van der Waals surface area contributed by atoms with Crippen LogP contribution in [-0.2, 0) is 10.2 Å². The molecule has 1 unspecified atom stereocenters. The molecule has 5 heteroatoms. The molecule has 1 aromatic carbocycles. The molecule has 27 heavy (non-hydrogen) atoms. The third-order valence-electron chi connectivity index (χ3n) is 6.13. The standard InChI is InChI=1S/C22H31NO3.ClH/c1-4-7-15-22(26,20(24)25)21(18-11-9-8-10-12-18)16-13-19(14-17-21)23(5-2)6-3;/h8-12,19,26H,5-6,13-17H2,1-3H3,(H,24,25);1H. The van der Waals surface area contributed by atoms with E-state index in [0.29, 0.717) is 18.9 Å². The van der Waals surface area contributed by atoms with Crippen LogP contribution in [0.2, 0.25) is 0 Å². The van der Waals surface area contributed by atoms with E-state index in [4.69, 9.17) is 0 Å². The molecule has 0 heterocycles. The molecule has 2 N–H and O–H groups in total. The third kappa shape index (κ3) is 4.48.